The number of hydrogen-bond acceptors (Lipinski definition) is 4. The summed E-state index contributed by atoms with van der Waals surface area (Å²) in [4.78, 5) is 15.6. The minimum atomic E-state index is -3.12. The van der Waals surface area contributed by atoms with E-state index in [1.807, 2.05) is 48.5 Å². The van der Waals surface area contributed by atoms with Gasteiger partial charge in [0, 0.05) is 27.1 Å². The van der Waals surface area contributed by atoms with Crippen LogP contribution < -0.4 is 0 Å². The van der Waals surface area contributed by atoms with Gasteiger partial charge in [-0.3, -0.25) is 4.79 Å². The first-order chi connectivity index (χ1) is 13.3. The predicted octanol–water partition coefficient (Wildman–Crippen LogP) is 5.15. The molecule has 1 aliphatic rings. The minimum absolute atomic E-state index is 0.00471. The molecule has 0 saturated carbocycles. The summed E-state index contributed by atoms with van der Waals surface area (Å²) in [6.45, 7) is 0.336. The van der Waals surface area contributed by atoms with Crippen molar-refractivity contribution in [3.63, 3.8) is 0 Å². The molecule has 1 fully saturated rings. The highest BCUT2D eigenvalue weighted by Gasteiger charge is 2.36. The van der Waals surface area contributed by atoms with Crippen molar-refractivity contribution in [3.8, 4) is 0 Å². The Bertz CT molecular complexity index is 1160. The zero-order valence-corrected chi connectivity index (χ0v) is 18.7. The van der Waals surface area contributed by atoms with Gasteiger partial charge in [-0.15, -0.1) is 11.3 Å². The summed E-state index contributed by atoms with van der Waals surface area (Å²) in [6, 6.07) is 15.0. The van der Waals surface area contributed by atoms with Gasteiger partial charge in [0.15, 0.2) is 9.84 Å². The van der Waals surface area contributed by atoms with Crippen LogP contribution in [-0.2, 0) is 16.4 Å². The van der Waals surface area contributed by atoms with Gasteiger partial charge in [-0.1, -0.05) is 57.9 Å². The van der Waals surface area contributed by atoms with Gasteiger partial charge < -0.3 is 4.90 Å². The van der Waals surface area contributed by atoms with Gasteiger partial charge in [0.05, 0.1) is 16.5 Å². The summed E-state index contributed by atoms with van der Waals surface area (Å²) in [5.74, 6) is -0.108. The number of rotatable bonds is 4. The van der Waals surface area contributed by atoms with Crippen LogP contribution in [0.15, 0.2) is 53.0 Å². The highest BCUT2D eigenvalue weighted by molar-refractivity contribution is 9.10. The molecule has 0 aliphatic carbocycles. The van der Waals surface area contributed by atoms with E-state index in [0.717, 1.165) is 20.1 Å². The SMILES string of the molecule is O=C(c1sc2ccccc2c1Cl)N(Cc1cccc(Br)c1)C1CCS(=O)(=O)C1. The average Bonchev–Trinajstić information content (AvgIpc) is 3.19. The molecule has 1 amide bonds. The zero-order chi connectivity index (χ0) is 19.9. The summed E-state index contributed by atoms with van der Waals surface area (Å²) in [7, 11) is -3.12. The van der Waals surface area contributed by atoms with E-state index in [4.69, 9.17) is 11.6 Å². The van der Waals surface area contributed by atoms with Gasteiger partial charge >= 0.3 is 0 Å². The first-order valence-electron chi connectivity index (χ1n) is 8.77. The summed E-state index contributed by atoms with van der Waals surface area (Å²) in [5, 5.41) is 1.28. The highest BCUT2D eigenvalue weighted by Crippen LogP contribution is 2.37. The van der Waals surface area contributed by atoms with Crippen molar-refractivity contribution >= 4 is 64.7 Å². The number of halogens is 2. The van der Waals surface area contributed by atoms with Crippen LogP contribution in [0.4, 0.5) is 0 Å². The number of thiophene rings is 1. The van der Waals surface area contributed by atoms with Gasteiger partial charge in [-0.25, -0.2) is 8.42 Å². The maximum atomic E-state index is 13.5. The Morgan fingerprint density at radius 3 is 2.68 bits per heavy atom. The van der Waals surface area contributed by atoms with E-state index in [1.54, 1.807) is 4.90 Å². The Morgan fingerprint density at radius 2 is 2.00 bits per heavy atom. The molecule has 0 bridgehead atoms. The van der Waals surface area contributed by atoms with Gasteiger partial charge in [-0.05, 0) is 30.2 Å². The molecule has 1 unspecified atom stereocenters. The van der Waals surface area contributed by atoms with Crippen LogP contribution in [0, 0.1) is 0 Å². The van der Waals surface area contributed by atoms with E-state index in [2.05, 4.69) is 15.9 Å². The second kappa shape index (κ2) is 7.78. The van der Waals surface area contributed by atoms with Crippen LogP contribution >= 0.6 is 38.9 Å². The van der Waals surface area contributed by atoms with E-state index in [9.17, 15) is 13.2 Å². The van der Waals surface area contributed by atoms with E-state index >= 15 is 0 Å². The van der Waals surface area contributed by atoms with Gasteiger partial charge in [-0.2, -0.15) is 0 Å². The second-order valence-corrected chi connectivity index (χ2v) is 11.4. The lowest BCUT2D eigenvalue weighted by Crippen LogP contribution is -2.40. The number of benzene rings is 2. The molecule has 2 heterocycles. The molecule has 8 heteroatoms. The van der Waals surface area contributed by atoms with Crippen molar-refractivity contribution in [2.24, 2.45) is 0 Å². The molecule has 3 aromatic rings. The third-order valence-electron chi connectivity index (χ3n) is 4.88. The first kappa shape index (κ1) is 19.9. The smallest absolute Gasteiger partial charge is 0.266 e. The lowest BCUT2D eigenvalue weighted by atomic mass is 10.1. The zero-order valence-electron chi connectivity index (χ0n) is 14.8. The fraction of sp³-hybridized carbons (Fsp3) is 0.250. The van der Waals surface area contributed by atoms with Crippen molar-refractivity contribution in [1.82, 2.24) is 4.90 Å². The van der Waals surface area contributed by atoms with Crippen molar-refractivity contribution in [3.05, 3.63) is 68.5 Å². The summed E-state index contributed by atoms with van der Waals surface area (Å²) < 4.78 is 26.0. The fourth-order valence-corrected chi connectivity index (χ4v) is 7.15. The Labute approximate surface area is 181 Å². The first-order valence-corrected chi connectivity index (χ1v) is 12.6. The molecule has 4 rings (SSSR count). The minimum Gasteiger partial charge on any atom is -0.330 e. The molecule has 1 aromatic heterocycles. The topological polar surface area (TPSA) is 54.5 Å². The van der Waals surface area contributed by atoms with Crippen LogP contribution in [0.2, 0.25) is 5.02 Å². The lowest BCUT2D eigenvalue weighted by molar-refractivity contribution is 0.0686. The molecule has 146 valence electrons. The molecule has 4 nitrogen and oxygen atoms in total. The van der Waals surface area contributed by atoms with Crippen molar-refractivity contribution < 1.29 is 13.2 Å². The van der Waals surface area contributed by atoms with Crippen molar-refractivity contribution in [2.45, 2.75) is 19.0 Å². The Balaban J connectivity index is 1.73. The Kier molecular flexibility index (Phi) is 5.53. The number of nitrogens with zero attached hydrogens (tertiary/aromatic N) is 1. The number of amides is 1. The van der Waals surface area contributed by atoms with Crippen LogP contribution in [-0.4, -0.2) is 36.8 Å². The fourth-order valence-electron chi connectivity index (χ4n) is 3.50. The van der Waals surface area contributed by atoms with E-state index in [-0.39, 0.29) is 23.5 Å². The Hall–Kier alpha value is -1.41. The quantitative estimate of drug-likeness (QED) is 0.500. The summed E-state index contributed by atoms with van der Waals surface area (Å²) >= 11 is 11.3. The molecule has 0 N–H and O–H groups in total. The standard InChI is InChI=1S/C20H17BrClNO3S2/c21-14-5-3-4-13(10-14)11-23(15-8-9-28(25,26)12-15)20(24)19-18(22)16-6-1-2-7-17(16)27-19/h1-7,10,15H,8-9,11-12H2. The number of hydrogen-bond donors (Lipinski definition) is 0. The maximum absolute atomic E-state index is 13.5. The molecule has 1 aliphatic heterocycles. The third-order valence-corrected chi connectivity index (χ3v) is 8.79. The normalized spacial score (nSPS) is 18.4. The third kappa shape index (κ3) is 3.99. The van der Waals surface area contributed by atoms with E-state index in [1.165, 1.54) is 11.3 Å². The lowest BCUT2D eigenvalue weighted by Gasteiger charge is -2.28. The molecule has 1 saturated heterocycles. The molecule has 2 aromatic carbocycles. The molecule has 28 heavy (non-hydrogen) atoms. The van der Waals surface area contributed by atoms with Crippen LogP contribution in [0.25, 0.3) is 10.1 Å². The van der Waals surface area contributed by atoms with Gasteiger partial charge in [0.25, 0.3) is 5.91 Å². The maximum Gasteiger partial charge on any atom is 0.266 e. The molecular formula is C20H17BrClNO3S2. The monoisotopic (exact) mass is 497 g/mol. The molecule has 0 radical (unpaired) electrons. The van der Waals surface area contributed by atoms with Gasteiger partial charge in [0.1, 0.15) is 4.88 Å². The van der Waals surface area contributed by atoms with Crippen LogP contribution in [0.5, 0.6) is 0 Å². The number of carbonyl (C=O) groups excluding carboxylic acids is 1. The largest absolute Gasteiger partial charge is 0.330 e. The van der Waals surface area contributed by atoms with E-state index in [0.29, 0.717) is 22.9 Å². The molecule has 1 atom stereocenters. The summed E-state index contributed by atoms with van der Waals surface area (Å²) in [5.41, 5.74) is 0.934. The molecule has 0 spiro atoms. The Morgan fingerprint density at radius 1 is 1.21 bits per heavy atom. The summed E-state index contributed by atoms with van der Waals surface area (Å²) in [6.07, 6.45) is 0.449. The van der Waals surface area contributed by atoms with E-state index < -0.39 is 9.84 Å². The van der Waals surface area contributed by atoms with Crippen LogP contribution in [0.1, 0.15) is 21.7 Å². The van der Waals surface area contributed by atoms with Crippen LogP contribution in [0.3, 0.4) is 0 Å². The highest BCUT2D eigenvalue weighted by atomic mass is 79.9. The average molecular weight is 499 g/mol. The van der Waals surface area contributed by atoms with Crippen molar-refractivity contribution in [2.75, 3.05) is 11.5 Å². The second-order valence-electron chi connectivity index (χ2n) is 6.86. The number of sulfone groups is 1. The number of fused-ring (bicyclic) bond motifs is 1. The molecular weight excluding hydrogens is 482 g/mol. The van der Waals surface area contributed by atoms with Gasteiger partial charge in [0.2, 0.25) is 0 Å². The predicted molar refractivity (Wildman–Crippen MR) is 118 cm³/mol. The van der Waals surface area contributed by atoms with Crippen molar-refractivity contribution in [1.29, 1.82) is 0 Å². The number of carbonyl (C=O) groups is 1.